The highest BCUT2D eigenvalue weighted by Gasteiger charge is 2.19. The zero-order chi connectivity index (χ0) is 17.0. The largest absolute Gasteiger partial charge is 0.335 e. The maximum atomic E-state index is 10.8. The van der Waals surface area contributed by atoms with Crippen LogP contribution in [0.5, 0.6) is 0 Å². The number of nitro groups is 2. The topological polar surface area (TPSA) is 95.5 Å². The standard InChI is InChI=1S/C14H10Cl2N2O5/c15-13(9-3-1-5-11(7-9)17(19)20)23-14(16)10-4-2-6-12(8-10)18(21)22/h1-8,13-14H/t13-,14+. The highest BCUT2D eigenvalue weighted by Crippen LogP contribution is 2.34. The van der Waals surface area contributed by atoms with Crippen molar-refractivity contribution >= 4 is 34.6 Å². The molecule has 0 saturated carbocycles. The average molecular weight is 357 g/mol. The van der Waals surface area contributed by atoms with Crippen molar-refractivity contribution in [2.45, 2.75) is 11.1 Å². The van der Waals surface area contributed by atoms with Crippen molar-refractivity contribution in [2.75, 3.05) is 0 Å². The summed E-state index contributed by atoms with van der Waals surface area (Å²) in [6.45, 7) is 0. The van der Waals surface area contributed by atoms with Crippen LogP contribution in [-0.4, -0.2) is 9.85 Å². The quantitative estimate of drug-likeness (QED) is 0.424. The highest BCUT2D eigenvalue weighted by molar-refractivity contribution is 6.22. The van der Waals surface area contributed by atoms with Gasteiger partial charge in [-0.15, -0.1) is 0 Å². The molecule has 0 saturated heterocycles. The Kier molecular flexibility index (Phi) is 5.49. The summed E-state index contributed by atoms with van der Waals surface area (Å²) in [5.74, 6) is 0. The van der Waals surface area contributed by atoms with E-state index in [-0.39, 0.29) is 11.4 Å². The van der Waals surface area contributed by atoms with Crippen LogP contribution in [0.2, 0.25) is 0 Å². The summed E-state index contributed by atoms with van der Waals surface area (Å²) in [6.07, 6.45) is 0. The maximum absolute atomic E-state index is 10.8. The fraction of sp³-hybridized carbons (Fsp3) is 0.143. The molecule has 23 heavy (non-hydrogen) atoms. The van der Waals surface area contributed by atoms with Crippen LogP contribution >= 0.6 is 23.2 Å². The predicted molar refractivity (Wildman–Crippen MR) is 84.5 cm³/mol. The average Bonchev–Trinajstić information content (AvgIpc) is 2.54. The van der Waals surface area contributed by atoms with Crippen LogP contribution in [0.15, 0.2) is 48.5 Å². The van der Waals surface area contributed by atoms with E-state index in [4.69, 9.17) is 27.9 Å². The zero-order valence-electron chi connectivity index (χ0n) is 11.5. The molecule has 2 aromatic rings. The van der Waals surface area contributed by atoms with Gasteiger partial charge in [-0.3, -0.25) is 20.2 Å². The van der Waals surface area contributed by atoms with E-state index in [0.717, 1.165) is 0 Å². The molecule has 0 aliphatic rings. The molecule has 0 aromatic heterocycles. The molecule has 2 atom stereocenters. The molecular weight excluding hydrogens is 347 g/mol. The third kappa shape index (κ3) is 4.38. The van der Waals surface area contributed by atoms with Gasteiger partial charge >= 0.3 is 0 Å². The first-order chi connectivity index (χ1) is 10.9. The summed E-state index contributed by atoms with van der Waals surface area (Å²) < 4.78 is 5.38. The van der Waals surface area contributed by atoms with Crippen LogP contribution in [0.1, 0.15) is 22.3 Å². The van der Waals surface area contributed by atoms with Gasteiger partial charge in [-0.25, -0.2) is 0 Å². The van der Waals surface area contributed by atoms with Crippen LogP contribution in [0.25, 0.3) is 0 Å². The van der Waals surface area contributed by atoms with Crippen molar-refractivity contribution in [3.05, 3.63) is 79.9 Å². The number of benzene rings is 2. The second-order valence-corrected chi connectivity index (χ2v) is 5.27. The van der Waals surface area contributed by atoms with Gasteiger partial charge in [-0.1, -0.05) is 47.5 Å². The zero-order valence-corrected chi connectivity index (χ0v) is 13.0. The first kappa shape index (κ1) is 17.1. The third-order valence-electron chi connectivity index (χ3n) is 2.93. The smallest absolute Gasteiger partial charge is 0.269 e. The van der Waals surface area contributed by atoms with Crippen LogP contribution in [0.3, 0.4) is 0 Å². The van der Waals surface area contributed by atoms with Gasteiger partial charge in [0, 0.05) is 35.4 Å². The van der Waals surface area contributed by atoms with Gasteiger partial charge in [-0.2, -0.15) is 0 Å². The number of hydrogen-bond donors (Lipinski definition) is 0. The van der Waals surface area contributed by atoms with Crippen molar-refractivity contribution in [1.82, 2.24) is 0 Å². The molecule has 0 aliphatic carbocycles. The molecule has 120 valence electrons. The fourth-order valence-corrected chi connectivity index (χ4v) is 2.35. The Hall–Kier alpha value is -2.22. The van der Waals surface area contributed by atoms with E-state index in [0.29, 0.717) is 11.1 Å². The first-order valence-corrected chi connectivity index (χ1v) is 7.18. The molecule has 2 aromatic carbocycles. The lowest BCUT2D eigenvalue weighted by molar-refractivity contribution is -0.385. The van der Waals surface area contributed by atoms with Crippen molar-refractivity contribution in [2.24, 2.45) is 0 Å². The normalized spacial score (nSPS) is 13.3. The molecule has 0 amide bonds. The Labute approximate surface area is 140 Å². The number of alkyl halides is 2. The molecule has 9 heteroatoms. The Bertz CT molecular complexity index is 679. The number of nitro benzene ring substituents is 2. The molecule has 0 N–H and O–H groups in total. The maximum Gasteiger partial charge on any atom is 0.269 e. The minimum atomic E-state index is -1.04. The van der Waals surface area contributed by atoms with Crippen molar-refractivity contribution < 1.29 is 14.6 Å². The second-order valence-electron chi connectivity index (χ2n) is 4.47. The van der Waals surface area contributed by atoms with E-state index < -0.39 is 21.0 Å². The van der Waals surface area contributed by atoms with Gasteiger partial charge in [0.1, 0.15) is 0 Å². The highest BCUT2D eigenvalue weighted by atomic mass is 35.5. The number of ether oxygens (including phenoxy) is 1. The van der Waals surface area contributed by atoms with Crippen molar-refractivity contribution in [3.63, 3.8) is 0 Å². The van der Waals surface area contributed by atoms with E-state index in [9.17, 15) is 20.2 Å². The number of nitrogens with zero attached hydrogens (tertiary/aromatic N) is 2. The van der Waals surface area contributed by atoms with E-state index in [1.54, 1.807) is 12.1 Å². The second kappa shape index (κ2) is 7.36. The molecule has 0 bridgehead atoms. The van der Waals surface area contributed by atoms with Gasteiger partial charge in [0.2, 0.25) is 0 Å². The summed E-state index contributed by atoms with van der Waals surface area (Å²) in [4.78, 5) is 20.4. The van der Waals surface area contributed by atoms with Crippen LogP contribution in [-0.2, 0) is 4.74 Å². The minimum Gasteiger partial charge on any atom is -0.335 e. The van der Waals surface area contributed by atoms with Gasteiger partial charge in [0.25, 0.3) is 11.4 Å². The van der Waals surface area contributed by atoms with Crippen molar-refractivity contribution in [1.29, 1.82) is 0 Å². The Morgan fingerprint density at radius 3 is 1.57 bits per heavy atom. The lowest BCUT2D eigenvalue weighted by Crippen LogP contribution is -2.03. The predicted octanol–water partition coefficient (Wildman–Crippen LogP) is 4.69. The van der Waals surface area contributed by atoms with Gasteiger partial charge in [0.05, 0.1) is 9.85 Å². The third-order valence-corrected chi connectivity index (χ3v) is 3.63. The van der Waals surface area contributed by atoms with Crippen molar-refractivity contribution in [3.8, 4) is 0 Å². The first-order valence-electron chi connectivity index (χ1n) is 6.31. The minimum absolute atomic E-state index is 0.127. The van der Waals surface area contributed by atoms with Gasteiger partial charge in [0.15, 0.2) is 11.1 Å². The van der Waals surface area contributed by atoms with E-state index >= 15 is 0 Å². The monoisotopic (exact) mass is 356 g/mol. The molecule has 0 spiro atoms. The van der Waals surface area contributed by atoms with Crippen LogP contribution < -0.4 is 0 Å². The Morgan fingerprint density at radius 1 is 0.826 bits per heavy atom. The molecule has 0 heterocycles. The number of rotatable bonds is 6. The fourth-order valence-electron chi connectivity index (χ4n) is 1.82. The lowest BCUT2D eigenvalue weighted by Gasteiger charge is -2.16. The lowest BCUT2D eigenvalue weighted by atomic mass is 10.2. The summed E-state index contributed by atoms with van der Waals surface area (Å²) in [6, 6.07) is 11.3. The SMILES string of the molecule is O=[N+]([O-])c1cccc([C@H](Cl)O[C@H](Cl)c2cccc([N+](=O)[O-])c2)c1. The molecule has 0 unspecified atom stereocenters. The van der Waals surface area contributed by atoms with Crippen LogP contribution in [0.4, 0.5) is 11.4 Å². The Balaban J connectivity index is 2.14. The van der Waals surface area contributed by atoms with Gasteiger partial charge in [-0.05, 0) is 0 Å². The van der Waals surface area contributed by atoms with Crippen LogP contribution in [0, 0.1) is 20.2 Å². The molecule has 2 rings (SSSR count). The van der Waals surface area contributed by atoms with Gasteiger partial charge < -0.3 is 4.74 Å². The number of halogens is 2. The molecule has 0 aliphatic heterocycles. The number of hydrogen-bond acceptors (Lipinski definition) is 5. The molecule has 0 radical (unpaired) electrons. The summed E-state index contributed by atoms with van der Waals surface area (Å²) in [7, 11) is 0. The Morgan fingerprint density at radius 2 is 1.22 bits per heavy atom. The number of non-ortho nitro benzene ring substituents is 2. The van der Waals surface area contributed by atoms with E-state index in [2.05, 4.69) is 0 Å². The summed E-state index contributed by atoms with van der Waals surface area (Å²) in [5.41, 5.74) is -1.63. The molecule has 7 nitrogen and oxygen atoms in total. The van der Waals surface area contributed by atoms with E-state index in [1.807, 2.05) is 0 Å². The summed E-state index contributed by atoms with van der Waals surface area (Å²) >= 11 is 12.1. The molecular formula is C14H10Cl2N2O5. The summed E-state index contributed by atoms with van der Waals surface area (Å²) in [5, 5.41) is 21.5. The molecule has 0 fully saturated rings. The van der Waals surface area contributed by atoms with E-state index in [1.165, 1.54) is 36.4 Å².